The summed E-state index contributed by atoms with van der Waals surface area (Å²) in [5.74, 6) is 1.43. The van der Waals surface area contributed by atoms with E-state index >= 15 is 0 Å². The maximum Gasteiger partial charge on any atom is 0.152 e. The van der Waals surface area contributed by atoms with Crippen LogP contribution in [0.3, 0.4) is 0 Å². The number of para-hydroxylation sites is 1. The summed E-state index contributed by atoms with van der Waals surface area (Å²) >= 11 is 0. The average molecular weight is 298 g/mol. The first kappa shape index (κ1) is 15.3. The summed E-state index contributed by atoms with van der Waals surface area (Å²) in [7, 11) is -0.890. The van der Waals surface area contributed by atoms with Crippen molar-refractivity contribution in [1.82, 2.24) is 10.2 Å². The third kappa shape index (κ3) is 4.47. The Kier molecular flexibility index (Phi) is 5.39. The summed E-state index contributed by atoms with van der Waals surface area (Å²) in [5.41, 5.74) is 1.14. The minimum Gasteiger partial charge on any atom is -0.492 e. The Morgan fingerprint density at radius 3 is 2.65 bits per heavy atom. The van der Waals surface area contributed by atoms with Crippen LogP contribution in [0.1, 0.15) is 5.56 Å². The maximum atomic E-state index is 11.3. The van der Waals surface area contributed by atoms with Crippen LogP contribution in [0.2, 0.25) is 0 Å². The number of hydrogen-bond acceptors (Lipinski definition) is 5. The van der Waals surface area contributed by atoms with Gasteiger partial charge >= 0.3 is 0 Å². The van der Waals surface area contributed by atoms with Crippen molar-refractivity contribution in [2.24, 2.45) is 0 Å². The van der Waals surface area contributed by atoms with Gasteiger partial charge in [-0.3, -0.25) is 4.90 Å². The third-order valence-electron chi connectivity index (χ3n) is 3.44. The van der Waals surface area contributed by atoms with Gasteiger partial charge in [0.05, 0.1) is 11.5 Å². The number of ether oxygens (including phenoxy) is 1. The van der Waals surface area contributed by atoms with Gasteiger partial charge in [0.1, 0.15) is 12.4 Å². The van der Waals surface area contributed by atoms with E-state index in [9.17, 15) is 8.42 Å². The van der Waals surface area contributed by atoms with Gasteiger partial charge in [-0.2, -0.15) is 0 Å². The Morgan fingerprint density at radius 2 is 1.95 bits per heavy atom. The minimum atomic E-state index is -2.80. The molecule has 1 aromatic rings. The van der Waals surface area contributed by atoms with Crippen molar-refractivity contribution in [2.45, 2.75) is 6.54 Å². The van der Waals surface area contributed by atoms with Crippen molar-refractivity contribution in [2.75, 3.05) is 44.8 Å². The lowest BCUT2D eigenvalue weighted by Gasteiger charge is -2.26. The van der Waals surface area contributed by atoms with Gasteiger partial charge in [-0.1, -0.05) is 18.2 Å². The summed E-state index contributed by atoms with van der Waals surface area (Å²) in [6.07, 6.45) is 0. The zero-order chi connectivity index (χ0) is 14.4. The number of hydrogen-bond donors (Lipinski definition) is 1. The third-order valence-corrected chi connectivity index (χ3v) is 5.05. The molecule has 20 heavy (non-hydrogen) atoms. The Morgan fingerprint density at radius 1 is 1.25 bits per heavy atom. The van der Waals surface area contributed by atoms with E-state index in [4.69, 9.17) is 4.74 Å². The summed E-state index contributed by atoms with van der Waals surface area (Å²) in [6.45, 7) is 3.36. The molecule has 5 nitrogen and oxygen atoms in total. The molecule has 2 rings (SSSR count). The summed E-state index contributed by atoms with van der Waals surface area (Å²) in [6, 6.07) is 7.96. The van der Waals surface area contributed by atoms with E-state index in [1.54, 1.807) is 0 Å². The number of nitrogens with one attached hydrogen (secondary N) is 1. The normalized spacial score (nSPS) is 18.9. The van der Waals surface area contributed by atoms with E-state index in [2.05, 4.69) is 10.2 Å². The molecule has 0 spiro atoms. The standard InChI is InChI=1S/C14H22N2O3S/c1-15-12-13-4-2-3-5-14(13)19-9-6-16-7-10-20(17,18)11-8-16/h2-5,15H,6-12H2,1H3. The van der Waals surface area contributed by atoms with Crippen molar-refractivity contribution in [1.29, 1.82) is 0 Å². The molecule has 0 saturated carbocycles. The fourth-order valence-corrected chi connectivity index (χ4v) is 3.52. The van der Waals surface area contributed by atoms with E-state index in [-0.39, 0.29) is 11.5 Å². The molecule has 0 bridgehead atoms. The molecule has 1 heterocycles. The van der Waals surface area contributed by atoms with Gasteiger partial charge < -0.3 is 10.1 Å². The molecule has 0 atom stereocenters. The second kappa shape index (κ2) is 7.06. The van der Waals surface area contributed by atoms with Crippen molar-refractivity contribution in [3.63, 3.8) is 0 Å². The highest BCUT2D eigenvalue weighted by Gasteiger charge is 2.21. The summed E-state index contributed by atoms with van der Waals surface area (Å²) < 4.78 is 28.5. The first-order valence-electron chi connectivity index (χ1n) is 6.89. The molecule has 0 aromatic heterocycles. The monoisotopic (exact) mass is 298 g/mol. The Balaban J connectivity index is 1.79. The zero-order valence-electron chi connectivity index (χ0n) is 11.8. The Bertz CT molecular complexity index is 517. The minimum absolute atomic E-state index is 0.267. The van der Waals surface area contributed by atoms with Crippen LogP contribution in [-0.4, -0.2) is 58.1 Å². The topological polar surface area (TPSA) is 58.6 Å². The first-order chi connectivity index (χ1) is 9.61. The lowest BCUT2D eigenvalue weighted by atomic mass is 10.2. The highest BCUT2D eigenvalue weighted by atomic mass is 32.2. The highest BCUT2D eigenvalue weighted by Crippen LogP contribution is 2.17. The SMILES string of the molecule is CNCc1ccccc1OCCN1CCS(=O)(=O)CC1. The predicted octanol–water partition coefficient (Wildman–Crippen LogP) is 0.515. The van der Waals surface area contributed by atoms with Crippen molar-refractivity contribution in [3.05, 3.63) is 29.8 Å². The van der Waals surface area contributed by atoms with Crippen LogP contribution in [0, 0.1) is 0 Å². The van der Waals surface area contributed by atoms with Crippen LogP contribution in [0.4, 0.5) is 0 Å². The molecule has 0 aliphatic carbocycles. The molecule has 112 valence electrons. The molecule has 0 amide bonds. The second-order valence-electron chi connectivity index (χ2n) is 4.98. The summed E-state index contributed by atoms with van der Waals surface area (Å²) in [4.78, 5) is 2.14. The Hall–Kier alpha value is -1.11. The number of sulfone groups is 1. The zero-order valence-corrected chi connectivity index (χ0v) is 12.7. The van der Waals surface area contributed by atoms with E-state index in [1.807, 2.05) is 31.3 Å². The molecule has 0 unspecified atom stereocenters. The molecule has 1 aliphatic rings. The maximum absolute atomic E-state index is 11.3. The lowest BCUT2D eigenvalue weighted by molar-refractivity contribution is 0.218. The molecule has 0 radical (unpaired) electrons. The first-order valence-corrected chi connectivity index (χ1v) is 8.71. The summed E-state index contributed by atoms with van der Waals surface area (Å²) in [5, 5.41) is 3.12. The number of benzene rings is 1. The molecular weight excluding hydrogens is 276 g/mol. The van der Waals surface area contributed by atoms with Crippen LogP contribution in [-0.2, 0) is 16.4 Å². The van der Waals surface area contributed by atoms with Crippen molar-refractivity contribution < 1.29 is 13.2 Å². The van der Waals surface area contributed by atoms with Gasteiger partial charge in [-0.05, 0) is 13.1 Å². The van der Waals surface area contributed by atoms with Gasteiger partial charge in [0.15, 0.2) is 9.84 Å². The van der Waals surface area contributed by atoms with Gasteiger partial charge in [0.25, 0.3) is 0 Å². The van der Waals surface area contributed by atoms with Gasteiger partial charge in [-0.25, -0.2) is 8.42 Å². The van der Waals surface area contributed by atoms with Crippen LogP contribution in [0.15, 0.2) is 24.3 Å². The highest BCUT2D eigenvalue weighted by molar-refractivity contribution is 7.91. The van der Waals surface area contributed by atoms with Crippen molar-refractivity contribution in [3.8, 4) is 5.75 Å². The fourth-order valence-electron chi connectivity index (χ4n) is 2.24. The number of rotatable bonds is 6. The van der Waals surface area contributed by atoms with Gasteiger partial charge in [-0.15, -0.1) is 0 Å². The molecule has 1 aliphatic heterocycles. The van der Waals surface area contributed by atoms with Gasteiger partial charge in [0, 0.05) is 31.7 Å². The Labute approximate surface area is 120 Å². The largest absolute Gasteiger partial charge is 0.492 e. The molecular formula is C14H22N2O3S. The molecule has 1 N–H and O–H groups in total. The second-order valence-corrected chi connectivity index (χ2v) is 7.28. The van der Waals surface area contributed by atoms with E-state index in [0.29, 0.717) is 19.7 Å². The molecule has 1 saturated heterocycles. The predicted molar refractivity (Wildman–Crippen MR) is 79.8 cm³/mol. The van der Waals surface area contributed by atoms with E-state index in [0.717, 1.165) is 24.4 Å². The quantitative estimate of drug-likeness (QED) is 0.829. The fraction of sp³-hybridized carbons (Fsp3) is 0.571. The van der Waals surface area contributed by atoms with Crippen LogP contribution in [0.5, 0.6) is 5.75 Å². The van der Waals surface area contributed by atoms with E-state index in [1.165, 1.54) is 0 Å². The molecule has 1 aromatic carbocycles. The lowest BCUT2D eigenvalue weighted by Crippen LogP contribution is -2.42. The van der Waals surface area contributed by atoms with E-state index < -0.39 is 9.84 Å². The number of nitrogens with zero attached hydrogens (tertiary/aromatic N) is 1. The van der Waals surface area contributed by atoms with Gasteiger partial charge in [0.2, 0.25) is 0 Å². The van der Waals surface area contributed by atoms with Crippen LogP contribution in [0.25, 0.3) is 0 Å². The smallest absolute Gasteiger partial charge is 0.152 e. The van der Waals surface area contributed by atoms with Crippen LogP contribution < -0.4 is 10.1 Å². The van der Waals surface area contributed by atoms with Crippen LogP contribution >= 0.6 is 0 Å². The van der Waals surface area contributed by atoms with Crippen molar-refractivity contribution >= 4 is 9.84 Å². The molecule has 6 heteroatoms. The molecule has 1 fully saturated rings. The average Bonchev–Trinajstić information content (AvgIpc) is 2.43.